The van der Waals surface area contributed by atoms with E-state index >= 15 is 0 Å². The topological polar surface area (TPSA) is 32.3 Å². The molecule has 0 aromatic rings. The number of carbonyl (C=O) groups excluding carboxylic acids is 1. The van der Waals surface area contributed by atoms with Crippen LogP contribution in [0.4, 0.5) is 0 Å². The summed E-state index contributed by atoms with van der Waals surface area (Å²) in [5.41, 5.74) is 0. The van der Waals surface area contributed by atoms with Gasteiger partial charge in [0.1, 0.15) is 0 Å². The molecule has 0 radical (unpaired) electrons. The first-order chi connectivity index (χ1) is 6.99. The summed E-state index contributed by atoms with van der Waals surface area (Å²) in [5.74, 6) is 3.05. The SMILES string of the molecule is C#CCNC(=O)C(C)N(C)CCC(C)C. The van der Waals surface area contributed by atoms with E-state index in [9.17, 15) is 4.79 Å². The summed E-state index contributed by atoms with van der Waals surface area (Å²) >= 11 is 0. The lowest BCUT2D eigenvalue weighted by atomic mass is 10.1. The Hall–Kier alpha value is -1.01. The second kappa shape index (κ2) is 7.30. The molecule has 1 amide bonds. The summed E-state index contributed by atoms with van der Waals surface area (Å²) < 4.78 is 0. The third-order valence-electron chi connectivity index (χ3n) is 2.46. The number of amides is 1. The van der Waals surface area contributed by atoms with Crippen LogP contribution in [0.15, 0.2) is 0 Å². The lowest BCUT2D eigenvalue weighted by Crippen LogP contribution is -2.43. The molecule has 1 N–H and O–H groups in total. The van der Waals surface area contributed by atoms with Crippen molar-refractivity contribution in [1.82, 2.24) is 10.2 Å². The summed E-state index contributed by atoms with van der Waals surface area (Å²) in [5, 5.41) is 2.68. The van der Waals surface area contributed by atoms with E-state index in [-0.39, 0.29) is 11.9 Å². The summed E-state index contributed by atoms with van der Waals surface area (Å²) in [7, 11) is 1.96. The maximum Gasteiger partial charge on any atom is 0.237 e. The minimum atomic E-state index is -0.114. The van der Waals surface area contributed by atoms with Crippen LogP contribution in [0.1, 0.15) is 27.2 Å². The van der Waals surface area contributed by atoms with Crippen molar-refractivity contribution < 1.29 is 4.79 Å². The molecule has 0 aliphatic rings. The molecule has 0 bridgehead atoms. The van der Waals surface area contributed by atoms with Crippen LogP contribution in [-0.2, 0) is 4.79 Å². The van der Waals surface area contributed by atoms with Crippen LogP contribution in [-0.4, -0.2) is 37.0 Å². The highest BCUT2D eigenvalue weighted by molar-refractivity contribution is 5.81. The molecule has 0 fully saturated rings. The third kappa shape index (κ3) is 6.14. The van der Waals surface area contributed by atoms with Gasteiger partial charge >= 0.3 is 0 Å². The minimum absolute atomic E-state index is 0.000735. The van der Waals surface area contributed by atoms with E-state index in [2.05, 4.69) is 25.1 Å². The first-order valence-corrected chi connectivity index (χ1v) is 5.40. The van der Waals surface area contributed by atoms with E-state index < -0.39 is 0 Å². The highest BCUT2D eigenvalue weighted by atomic mass is 16.2. The summed E-state index contributed by atoms with van der Waals surface area (Å²) in [4.78, 5) is 13.6. The van der Waals surface area contributed by atoms with E-state index in [1.807, 2.05) is 18.9 Å². The summed E-state index contributed by atoms with van der Waals surface area (Å²) in [6.07, 6.45) is 6.17. The average Bonchev–Trinajstić information content (AvgIpc) is 2.21. The molecule has 0 spiro atoms. The molecule has 0 aromatic heterocycles. The quantitative estimate of drug-likeness (QED) is 0.666. The van der Waals surface area contributed by atoms with Gasteiger partial charge in [0.15, 0.2) is 0 Å². The molecule has 0 aliphatic carbocycles. The van der Waals surface area contributed by atoms with Crippen molar-refractivity contribution >= 4 is 5.91 Å². The molecule has 3 nitrogen and oxygen atoms in total. The molecule has 0 aromatic carbocycles. The van der Waals surface area contributed by atoms with Crippen molar-refractivity contribution in [3.05, 3.63) is 0 Å². The van der Waals surface area contributed by atoms with Crippen molar-refractivity contribution in [1.29, 1.82) is 0 Å². The van der Waals surface area contributed by atoms with Crippen LogP contribution in [0.25, 0.3) is 0 Å². The van der Waals surface area contributed by atoms with Gasteiger partial charge in [-0.2, -0.15) is 0 Å². The van der Waals surface area contributed by atoms with Gasteiger partial charge in [-0.05, 0) is 32.9 Å². The molecule has 0 heterocycles. The first-order valence-electron chi connectivity index (χ1n) is 5.40. The number of nitrogens with zero attached hydrogens (tertiary/aromatic N) is 1. The van der Waals surface area contributed by atoms with Crippen molar-refractivity contribution in [2.75, 3.05) is 20.1 Å². The number of terminal acetylenes is 1. The van der Waals surface area contributed by atoms with E-state index in [1.54, 1.807) is 0 Å². The number of rotatable bonds is 6. The molecule has 0 aliphatic heterocycles. The second-order valence-electron chi connectivity index (χ2n) is 4.26. The van der Waals surface area contributed by atoms with Crippen LogP contribution in [0, 0.1) is 18.3 Å². The lowest BCUT2D eigenvalue weighted by Gasteiger charge is -2.24. The zero-order valence-electron chi connectivity index (χ0n) is 10.2. The van der Waals surface area contributed by atoms with Gasteiger partial charge < -0.3 is 5.32 Å². The highest BCUT2D eigenvalue weighted by Crippen LogP contribution is 2.03. The van der Waals surface area contributed by atoms with Crippen LogP contribution >= 0.6 is 0 Å². The molecule has 1 atom stereocenters. The Balaban J connectivity index is 3.91. The number of hydrogen-bond donors (Lipinski definition) is 1. The first kappa shape index (κ1) is 14.0. The Morgan fingerprint density at radius 2 is 2.07 bits per heavy atom. The Morgan fingerprint density at radius 3 is 2.53 bits per heavy atom. The van der Waals surface area contributed by atoms with Gasteiger partial charge in [-0.25, -0.2) is 0 Å². The fraction of sp³-hybridized carbons (Fsp3) is 0.750. The van der Waals surface area contributed by atoms with Crippen molar-refractivity contribution in [3.8, 4) is 12.3 Å². The Morgan fingerprint density at radius 1 is 1.47 bits per heavy atom. The largest absolute Gasteiger partial charge is 0.344 e. The molecular weight excluding hydrogens is 188 g/mol. The number of hydrogen-bond acceptors (Lipinski definition) is 2. The van der Waals surface area contributed by atoms with E-state index in [1.165, 1.54) is 0 Å². The molecule has 86 valence electrons. The maximum atomic E-state index is 11.5. The predicted molar refractivity (Wildman–Crippen MR) is 63.4 cm³/mol. The third-order valence-corrected chi connectivity index (χ3v) is 2.46. The lowest BCUT2D eigenvalue weighted by molar-refractivity contribution is -0.125. The fourth-order valence-electron chi connectivity index (χ4n) is 1.14. The van der Waals surface area contributed by atoms with Gasteiger partial charge in [-0.3, -0.25) is 9.69 Å². The molecule has 1 unspecified atom stereocenters. The molecule has 3 heteroatoms. The zero-order valence-corrected chi connectivity index (χ0v) is 10.2. The average molecular weight is 210 g/mol. The van der Waals surface area contributed by atoms with Gasteiger partial charge in [0, 0.05) is 0 Å². The van der Waals surface area contributed by atoms with Crippen LogP contribution in [0.3, 0.4) is 0 Å². The van der Waals surface area contributed by atoms with Gasteiger partial charge in [0.25, 0.3) is 0 Å². The summed E-state index contributed by atoms with van der Waals surface area (Å²) in [6, 6.07) is -0.114. The summed E-state index contributed by atoms with van der Waals surface area (Å²) in [6.45, 7) is 7.49. The Kier molecular flexibility index (Phi) is 6.81. The van der Waals surface area contributed by atoms with Crippen molar-refractivity contribution in [2.45, 2.75) is 33.2 Å². The number of likely N-dealkylation sites (N-methyl/N-ethyl adjacent to an activating group) is 1. The molecule has 0 rings (SSSR count). The Bertz CT molecular complexity index is 230. The monoisotopic (exact) mass is 210 g/mol. The predicted octanol–water partition coefficient (Wildman–Crippen LogP) is 1.10. The standard InChI is InChI=1S/C12H22N2O/c1-6-8-13-12(15)11(4)14(5)9-7-10(2)3/h1,10-11H,7-9H2,2-5H3,(H,13,15). The molecule has 0 saturated heterocycles. The smallest absolute Gasteiger partial charge is 0.237 e. The molecular formula is C12H22N2O. The van der Waals surface area contributed by atoms with Crippen LogP contribution < -0.4 is 5.32 Å². The van der Waals surface area contributed by atoms with Crippen LogP contribution in [0.2, 0.25) is 0 Å². The minimum Gasteiger partial charge on any atom is -0.344 e. The van der Waals surface area contributed by atoms with Gasteiger partial charge in [0.2, 0.25) is 5.91 Å². The normalized spacial score (nSPS) is 12.6. The number of carbonyl (C=O) groups is 1. The van der Waals surface area contributed by atoms with Crippen molar-refractivity contribution in [2.24, 2.45) is 5.92 Å². The fourth-order valence-corrected chi connectivity index (χ4v) is 1.14. The van der Waals surface area contributed by atoms with E-state index in [0.29, 0.717) is 12.5 Å². The van der Waals surface area contributed by atoms with Gasteiger partial charge in [-0.15, -0.1) is 6.42 Å². The molecule has 0 saturated carbocycles. The van der Waals surface area contributed by atoms with Crippen LogP contribution in [0.5, 0.6) is 0 Å². The van der Waals surface area contributed by atoms with Gasteiger partial charge in [-0.1, -0.05) is 19.8 Å². The van der Waals surface area contributed by atoms with Gasteiger partial charge in [0.05, 0.1) is 12.6 Å². The zero-order chi connectivity index (χ0) is 11.8. The second-order valence-corrected chi connectivity index (χ2v) is 4.26. The number of nitrogens with one attached hydrogen (secondary N) is 1. The van der Waals surface area contributed by atoms with Crippen molar-refractivity contribution in [3.63, 3.8) is 0 Å². The highest BCUT2D eigenvalue weighted by Gasteiger charge is 2.16. The van der Waals surface area contributed by atoms with E-state index in [0.717, 1.165) is 13.0 Å². The molecule has 15 heavy (non-hydrogen) atoms. The van der Waals surface area contributed by atoms with E-state index in [4.69, 9.17) is 6.42 Å². The maximum absolute atomic E-state index is 11.5. The Labute approximate surface area is 93.2 Å².